The van der Waals surface area contributed by atoms with Crippen molar-refractivity contribution in [1.29, 1.82) is 0 Å². The molecule has 0 aliphatic rings. The van der Waals surface area contributed by atoms with E-state index in [4.69, 9.17) is 0 Å². The third-order valence-electron chi connectivity index (χ3n) is 2.07. The van der Waals surface area contributed by atoms with Crippen LogP contribution in [-0.4, -0.2) is 13.1 Å². The van der Waals surface area contributed by atoms with Crippen LogP contribution in [0, 0.1) is 0 Å². The van der Waals surface area contributed by atoms with Crippen LogP contribution in [0.4, 0.5) is 0 Å². The standard InChI is InChI=1S/C12H18N2S/c1-3-13-8-10(2)14-9-11-4-6-12(15)7-5-11/h4-7,13-15H,2-3,8-9H2,1H3. The maximum Gasteiger partial charge on any atom is 0.0398 e. The fourth-order valence-corrected chi connectivity index (χ4v) is 1.33. The Bertz CT molecular complexity index is 306. The lowest BCUT2D eigenvalue weighted by atomic mass is 10.2. The lowest BCUT2D eigenvalue weighted by Crippen LogP contribution is -2.24. The number of thiol groups is 1. The number of nitrogens with one attached hydrogen (secondary N) is 2. The minimum Gasteiger partial charge on any atom is -0.384 e. The lowest BCUT2D eigenvalue weighted by molar-refractivity contribution is 0.704. The van der Waals surface area contributed by atoms with E-state index in [1.54, 1.807) is 0 Å². The van der Waals surface area contributed by atoms with Gasteiger partial charge in [-0.25, -0.2) is 0 Å². The summed E-state index contributed by atoms with van der Waals surface area (Å²) in [5.41, 5.74) is 2.26. The maximum absolute atomic E-state index is 4.24. The van der Waals surface area contributed by atoms with Crippen molar-refractivity contribution in [3.63, 3.8) is 0 Å². The van der Waals surface area contributed by atoms with Gasteiger partial charge in [0, 0.05) is 23.7 Å². The molecular weight excluding hydrogens is 204 g/mol. The molecule has 0 fully saturated rings. The third-order valence-corrected chi connectivity index (χ3v) is 2.37. The molecule has 82 valence electrons. The first kappa shape index (κ1) is 12.1. The summed E-state index contributed by atoms with van der Waals surface area (Å²) in [6.45, 7) is 8.62. The third kappa shape index (κ3) is 4.91. The van der Waals surface area contributed by atoms with E-state index >= 15 is 0 Å². The monoisotopic (exact) mass is 222 g/mol. The van der Waals surface area contributed by atoms with Gasteiger partial charge in [-0.05, 0) is 24.2 Å². The lowest BCUT2D eigenvalue weighted by Gasteiger charge is -2.09. The molecule has 3 heteroatoms. The predicted octanol–water partition coefficient (Wildman–Crippen LogP) is 2.19. The summed E-state index contributed by atoms with van der Waals surface area (Å²) in [7, 11) is 0. The van der Waals surface area contributed by atoms with E-state index in [2.05, 4.69) is 48.9 Å². The molecule has 0 unspecified atom stereocenters. The van der Waals surface area contributed by atoms with Gasteiger partial charge in [0.25, 0.3) is 0 Å². The van der Waals surface area contributed by atoms with Crippen molar-refractivity contribution in [2.75, 3.05) is 13.1 Å². The Labute approximate surface area is 97.2 Å². The molecule has 0 radical (unpaired) electrons. The SMILES string of the molecule is C=C(CNCC)NCc1ccc(S)cc1. The highest BCUT2D eigenvalue weighted by molar-refractivity contribution is 7.80. The average molecular weight is 222 g/mol. The molecule has 15 heavy (non-hydrogen) atoms. The summed E-state index contributed by atoms with van der Waals surface area (Å²) in [5.74, 6) is 0. The Balaban J connectivity index is 2.30. The van der Waals surface area contributed by atoms with E-state index in [0.29, 0.717) is 0 Å². The summed E-state index contributed by atoms with van der Waals surface area (Å²) < 4.78 is 0. The molecule has 0 aromatic heterocycles. The first-order valence-electron chi connectivity index (χ1n) is 5.12. The number of hydrogen-bond acceptors (Lipinski definition) is 3. The van der Waals surface area contributed by atoms with Crippen molar-refractivity contribution in [1.82, 2.24) is 10.6 Å². The second-order valence-electron chi connectivity index (χ2n) is 3.40. The highest BCUT2D eigenvalue weighted by Crippen LogP contribution is 2.07. The van der Waals surface area contributed by atoms with Crippen molar-refractivity contribution in [3.8, 4) is 0 Å². The zero-order valence-corrected chi connectivity index (χ0v) is 9.98. The van der Waals surface area contributed by atoms with Crippen molar-refractivity contribution in [2.24, 2.45) is 0 Å². The molecule has 2 nitrogen and oxygen atoms in total. The molecule has 1 rings (SSSR count). The van der Waals surface area contributed by atoms with Crippen LogP contribution >= 0.6 is 12.6 Å². The van der Waals surface area contributed by atoms with Gasteiger partial charge in [0.15, 0.2) is 0 Å². The van der Waals surface area contributed by atoms with E-state index in [1.165, 1.54) is 5.56 Å². The van der Waals surface area contributed by atoms with E-state index in [0.717, 1.165) is 30.2 Å². The van der Waals surface area contributed by atoms with Crippen molar-refractivity contribution in [3.05, 3.63) is 42.1 Å². The fraction of sp³-hybridized carbons (Fsp3) is 0.333. The van der Waals surface area contributed by atoms with E-state index in [1.807, 2.05) is 12.1 Å². The van der Waals surface area contributed by atoms with Gasteiger partial charge in [-0.1, -0.05) is 25.6 Å². The Morgan fingerprint density at radius 2 is 2.00 bits per heavy atom. The second kappa shape index (κ2) is 6.53. The van der Waals surface area contributed by atoms with E-state index < -0.39 is 0 Å². The first-order chi connectivity index (χ1) is 7.22. The van der Waals surface area contributed by atoms with E-state index in [-0.39, 0.29) is 0 Å². The van der Waals surface area contributed by atoms with Gasteiger partial charge in [0.05, 0.1) is 0 Å². The summed E-state index contributed by atoms with van der Waals surface area (Å²) in [4.78, 5) is 0.991. The second-order valence-corrected chi connectivity index (χ2v) is 3.92. The highest BCUT2D eigenvalue weighted by Gasteiger charge is 1.94. The quantitative estimate of drug-likeness (QED) is 0.643. The topological polar surface area (TPSA) is 24.1 Å². The van der Waals surface area contributed by atoms with Crippen LogP contribution in [0.3, 0.4) is 0 Å². The van der Waals surface area contributed by atoms with Gasteiger partial charge in [0.1, 0.15) is 0 Å². The molecule has 0 aliphatic carbocycles. The van der Waals surface area contributed by atoms with Crippen LogP contribution < -0.4 is 10.6 Å². The Kier molecular flexibility index (Phi) is 5.29. The Morgan fingerprint density at radius 1 is 1.33 bits per heavy atom. The van der Waals surface area contributed by atoms with Crippen LogP contribution in [0.15, 0.2) is 41.4 Å². The summed E-state index contributed by atoms with van der Waals surface area (Å²) >= 11 is 4.24. The molecule has 0 bridgehead atoms. The number of rotatable bonds is 6. The van der Waals surface area contributed by atoms with Crippen molar-refractivity contribution < 1.29 is 0 Å². The summed E-state index contributed by atoms with van der Waals surface area (Å²) in [6, 6.07) is 8.12. The molecular formula is C12H18N2S. The summed E-state index contributed by atoms with van der Waals surface area (Å²) in [5, 5.41) is 6.49. The van der Waals surface area contributed by atoms with Crippen molar-refractivity contribution in [2.45, 2.75) is 18.4 Å². The molecule has 1 aromatic rings. The molecule has 0 aliphatic heterocycles. The molecule has 0 atom stereocenters. The maximum atomic E-state index is 4.24. The average Bonchev–Trinajstić information content (AvgIpc) is 2.25. The number of likely N-dealkylation sites (N-methyl/N-ethyl adjacent to an activating group) is 1. The zero-order chi connectivity index (χ0) is 11.1. The van der Waals surface area contributed by atoms with Crippen LogP contribution in [0.5, 0.6) is 0 Å². The van der Waals surface area contributed by atoms with Gasteiger partial charge >= 0.3 is 0 Å². The molecule has 2 N–H and O–H groups in total. The highest BCUT2D eigenvalue weighted by atomic mass is 32.1. The van der Waals surface area contributed by atoms with Gasteiger partial charge < -0.3 is 10.6 Å². The minimum atomic E-state index is 0.818. The van der Waals surface area contributed by atoms with Crippen LogP contribution in [0.2, 0.25) is 0 Å². The smallest absolute Gasteiger partial charge is 0.0398 e. The van der Waals surface area contributed by atoms with Gasteiger partial charge in [-0.3, -0.25) is 0 Å². The molecule has 0 heterocycles. The molecule has 0 saturated carbocycles. The molecule has 1 aromatic carbocycles. The fourth-order valence-electron chi connectivity index (χ4n) is 1.18. The number of hydrogen-bond donors (Lipinski definition) is 3. The predicted molar refractivity (Wildman–Crippen MR) is 68.2 cm³/mol. The Hall–Kier alpha value is -0.930. The normalized spacial score (nSPS) is 10.0. The van der Waals surface area contributed by atoms with Gasteiger partial charge in [0.2, 0.25) is 0 Å². The van der Waals surface area contributed by atoms with Crippen LogP contribution in [-0.2, 0) is 6.54 Å². The number of benzene rings is 1. The Morgan fingerprint density at radius 3 is 2.60 bits per heavy atom. The van der Waals surface area contributed by atoms with Crippen LogP contribution in [0.1, 0.15) is 12.5 Å². The first-order valence-corrected chi connectivity index (χ1v) is 5.57. The van der Waals surface area contributed by atoms with Crippen molar-refractivity contribution >= 4 is 12.6 Å². The molecule has 0 saturated heterocycles. The van der Waals surface area contributed by atoms with Gasteiger partial charge in [-0.15, -0.1) is 12.6 Å². The van der Waals surface area contributed by atoms with E-state index in [9.17, 15) is 0 Å². The summed E-state index contributed by atoms with van der Waals surface area (Å²) in [6.07, 6.45) is 0. The van der Waals surface area contributed by atoms with Gasteiger partial charge in [-0.2, -0.15) is 0 Å². The zero-order valence-electron chi connectivity index (χ0n) is 9.09. The van der Waals surface area contributed by atoms with Crippen LogP contribution in [0.25, 0.3) is 0 Å². The molecule has 0 spiro atoms. The minimum absolute atomic E-state index is 0.818. The largest absolute Gasteiger partial charge is 0.384 e. The molecule has 0 amide bonds.